The number of aromatic amines is 1. The molecule has 19 heavy (non-hydrogen) atoms. The number of H-pyrrole nitrogens is 1. The summed E-state index contributed by atoms with van der Waals surface area (Å²) in [4.78, 5) is 12.2. The summed E-state index contributed by atoms with van der Waals surface area (Å²) in [5.41, 5.74) is 2.41. The summed E-state index contributed by atoms with van der Waals surface area (Å²) in [6, 6.07) is 3.46. The molecule has 0 saturated carbocycles. The van der Waals surface area contributed by atoms with Crippen molar-refractivity contribution in [3.05, 3.63) is 36.2 Å². The first-order valence-electron chi connectivity index (χ1n) is 5.41. The predicted octanol–water partition coefficient (Wildman–Crippen LogP) is 3.19. The van der Waals surface area contributed by atoms with Crippen LogP contribution >= 0.6 is 45.2 Å². The van der Waals surface area contributed by atoms with Crippen LogP contribution in [0.4, 0.5) is 5.69 Å². The van der Waals surface area contributed by atoms with Crippen LogP contribution in [0, 0.1) is 21.0 Å². The van der Waals surface area contributed by atoms with E-state index in [1.165, 1.54) is 0 Å². The fourth-order valence-corrected chi connectivity index (χ4v) is 3.50. The molecule has 0 unspecified atom stereocenters. The molecule has 0 fully saturated rings. The smallest absolute Gasteiger partial charge is 0.259 e. The minimum Gasteiger partial charge on any atom is -0.506 e. The largest absolute Gasteiger partial charge is 0.506 e. The van der Waals surface area contributed by atoms with E-state index in [4.69, 9.17) is 0 Å². The summed E-state index contributed by atoms with van der Waals surface area (Å²) in [5, 5.41) is 19.6. The fraction of sp³-hybridized carbons (Fsp3) is 0.167. The Morgan fingerprint density at radius 2 is 2.05 bits per heavy atom. The highest BCUT2D eigenvalue weighted by molar-refractivity contribution is 14.1. The Labute approximate surface area is 137 Å². The normalized spacial score (nSPS) is 10.5. The van der Waals surface area contributed by atoms with Crippen molar-refractivity contribution >= 4 is 56.8 Å². The topological polar surface area (TPSA) is 78.0 Å². The van der Waals surface area contributed by atoms with Gasteiger partial charge in [0.05, 0.1) is 26.2 Å². The van der Waals surface area contributed by atoms with Gasteiger partial charge in [0.2, 0.25) is 0 Å². The van der Waals surface area contributed by atoms with E-state index >= 15 is 0 Å². The van der Waals surface area contributed by atoms with Gasteiger partial charge in [-0.05, 0) is 71.2 Å². The Bertz CT molecular complexity index is 633. The molecule has 1 aromatic carbocycles. The first kappa shape index (κ1) is 14.6. The Morgan fingerprint density at radius 3 is 2.63 bits per heavy atom. The molecule has 0 spiro atoms. The molecule has 0 aliphatic heterocycles. The number of nitrogens with zero attached hydrogens (tertiary/aromatic N) is 1. The molecule has 0 saturated heterocycles. The van der Waals surface area contributed by atoms with E-state index < -0.39 is 0 Å². The van der Waals surface area contributed by atoms with Crippen molar-refractivity contribution in [3.63, 3.8) is 0 Å². The maximum Gasteiger partial charge on any atom is 0.259 e. The zero-order chi connectivity index (χ0) is 14.2. The van der Waals surface area contributed by atoms with Crippen molar-refractivity contribution in [1.82, 2.24) is 10.2 Å². The number of aromatic hydroxyl groups is 1. The standard InChI is InChI=1S/C12H11I2N3O2/c1-5-10(6(2)17-16-5)15-12(19)8-3-7(13)4-9(14)11(8)18/h3-4,18H,1-2H3,(H,15,19)(H,16,17). The monoisotopic (exact) mass is 483 g/mol. The highest BCUT2D eigenvalue weighted by Gasteiger charge is 2.17. The molecular weight excluding hydrogens is 472 g/mol. The molecule has 1 heterocycles. The fourth-order valence-electron chi connectivity index (χ4n) is 1.65. The first-order chi connectivity index (χ1) is 8.90. The number of hydrogen-bond acceptors (Lipinski definition) is 3. The quantitative estimate of drug-likeness (QED) is 0.575. The molecule has 5 nitrogen and oxygen atoms in total. The van der Waals surface area contributed by atoms with E-state index in [0.29, 0.717) is 15.0 Å². The summed E-state index contributed by atoms with van der Waals surface area (Å²) in [6.45, 7) is 3.63. The summed E-state index contributed by atoms with van der Waals surface area (Å²) < 4.78 is 1.54. The van der Waals surface area contributed by atoms with Crippen LogP contribution in [0.25, 0.3) is 0 Å². The summed E-state index contributed by atoms with van der Waals surface area (Å²) in [5.74, 6) is -0.348. The molecule has 0 radical (unpaired) electrons. The molecule has 2 rings (SSSR count). The van der Waals surface area contributed by atoms with Gasteiger partial charge in [0, 0.05) is 3.57 Å². The van der Waals surface area contributed by atoms with Crippen molar-refractivity contribution in [2.75, 3.05) is 5.32 Å². The third kappa shape index (κ3) is 3.02. The van der Waals surface area contributed by atoms with Crippen LogP contribution in [-0.4, -0.2) is 21.2 Å². The second kappa shape index (κ2) is 5.65. The second-order valence-electron chi connectivity index (χ2n) is 4.05. The third-order valence-corrected chi connectivity index (χ3v) is 4.08. The molecule has 7 heteroatoms. The molecule has 100 valence electrons. The van der Waals surface area contributed by atoms with Gasteiger partial charge in [-0.3, -0.25) is 9.89 Å². The number of carbonyl (C=O) groups is 1. The second-order valence-corrected chi connectivity index (χ2v) is 6.45. The molecule has 0 aliphatic carbocycles. The van der Waals surface area contributed by atoms with Crippen molar-refractivity contribution < 1.29 is 9.90 Å². The lowest BCUT2D eigenvalue weighted by Gasteiger charge is -2.09. The van der Waals surface area contributed by atoms with Gasteiger partial charge in [-0.2, -0.15) is 5.10 Å². The molecule has 0 aliphatic rings. The number of phenols is 1. The van der Waals surface area contributed by atoms with Crippen LogP contribution in [0.3, 0.4) is 0 Å². The Morgan fingerprint density at radius 1 is 1.37 bits per heavy atom. The van der Waals surface area contributed by atoms with E-state index in [2.05, 4.69) is 38.1 Å². The van der Waals surface area contributed by atoms with E-state index in [-0.39, 0.29) is 17.2 Å². The summed E-state index contributed by atoms with van der Waals surface area (Å²) in [7, 11) is 0. The highest BCUT2D eigenvalue weighted by Crippen LogP contribution is 2.28. The van der Waals surface area contributed by atoms with Gasteiger partial charge in [-0.25, -0.2) is 0 Å². The van der Waals surface area contributed by atoms with Crippen LogP contribution in [0.1, 0.15) is 21.7 Å². The average Bonchev–Trinajstić information content (AvgIpc) is 2.65. The maximum atomic E-state index is 12.2. The van der Waals surface area contributed by atoms with E-state index in [9.17, 15) is 9.90 Å². The molecule has 0 atom stereocenters. The molecule has 3 N–H and O–H groups in total. The number of carbonyl (C=O) groups excluding carboxylic acids is 1. The number of phenolic OH excluding ortho intramolecular Hbond substituents is 1. The van der Waals surface area contributed by atoms with Crippen LogP contribution in [0.5, 0.6) is 5.75 Å². The number of benzene rings is 1. The van der Waals surface area contributed by atoms with Crippen LogP contribution in [0.15, 0.2) is 12.1 Å². The number of amides is 1. The minimum absolute atomic E-state index is 0.00248. The van der Waals surface area contributed by atoms with Crippen molar-refractivity contribution in [2.24, 2.45) is 0 Å². The number of aromatic nitrogens is 2. The summed E-state index contributed by atoms with van der Waals surface area (Å²) in [6.07, 6.45) is 0. The van der Waals surface area contributed by atoms with Gasteiger partial charge >= 0.3 is 0 Å². The zero-order valence-electron chi connectivity index (χ0n) is 10.2. The van der Waals surface area contributed by atoms with Gasteiger partial charge in [0.25, 0.3) is 5.91 Å². The lowest BCUT2D eigenvalue weighted by atomic mass is 10.2. The van der Waals surface area contributed by atoms with Gasteiger partial charge in [-0.15, -0.1) is 0 Å². The molecular formula is C12H11I2N3O2. The summed E-state index contributed by atoms with van der Waals surface area (Å²) >= 11 is 4.11. The molecule has 1 aromatic heterocycles. The van der Waals surface area contributed by atoms with E-state index in [1.807, 2.05) is 35.6 Å². The number of nitrogens with one attached hydrogen (secondary N) is 2. The van der Waals surface area contributed by atoms with Crippen LogP contribution in [0.2, 0.25) is 0 Å². The average molecular weight is 483 g/mol. The first-order valence-corrected chi connectivity index (χ1v) is 7.57. The Kier molecular flexibility index (Phi) is 4.33. The lowest BCUT2D eigenvalue weighted by Crippen LogP contribution is -2.13. The maximum absolute atomic E-state index is 12.2. The number of hydrogen-bond donors (Lipinski definition) is 3. The number of halogens is 2. The number of aryl methyl sites for hydroxylation is 2. The molecule has 0 bridgehead atoms. The lowest BCUT2D eigenvalue weighted by molar-refractivity contribution is 0.102. The van der Waals surface area contributed by atoms with Gasteiger partial charge in [0.15, 0.2) is 0 Å². The SMILES string of the molecule is Cc1n[nH]c(C)c1NC(=O)c1cc(I)cc(I)c1O. The van der Waals surface area contributed by atoms with Crippen LogP contribution in [-0.2, 0) is 0 Å². The Hall–Kier alpha value is -0.840. The van der Waals surface area contributed by atoms with Crippen molar-refractivity contribution in [1.29, 1.82) is 0 Å². The minimum atomic E-state index is -0.346. The zero-order valence-corrected chi connectivity index (χ0v) is 14.5. The number of rotatable bonds is 2. The number of anilines is 1. The van der Waals surface area contributed by atoms with E-state index in [0.717, 1.165) is 9.26 Å². The van der Waals surface area contributed by atoms with Gasteiger partial charge < -0.3 is 10.4 Å². The van der Waals surface area contributed by atoms with Gasteiger partial charge in [-0.1, -0.05) is 0 Å². The highest BCUT2D eigenvalue weighted by atomic mass is 127. The Balaban J connectivity index is 2.36. The van der Waals surface area contributed by atoms with Crippen molar-refractivity contribution in [2.45, 2.75) is 13.8 Å². The predicted molar refractivity (Wildman–Crippen MR) is 89.6 cm³/mol. The molecule has 1 amide bonds. The molecule has 2 aromatic rings. The van der Waals surface area contributed by atoms with Crippen molar-refractivity contribution in [3.8, 4) is 5.75 Å². The van der Waals surface area contributed by atoms with Gasteiger partial charge in [0.1, 0.15) is 5.75 Å². The van der Waals surface area contributed by atoms with E-state index in [1.54, 1.807) is 13.0 Å². The third-order valence-electron chi connectivity index (χ3n) is 2.64. The van der Waals surface area contributed by atoms with Crippen LogP contribution < -0.4 is 5.32 Å².